The maximum Gasteiger partial charge on any atom is 0.140 e. The first-order chi connectivity index (χ1) is 6.59. The normalized spacial score (nSPS) is 18.3. The van der Waals surface area contributed by atoms with Crippen molar-refractivity contribution in [2.24, 2.45) is 5.73 Å². The van der Waals surface area contributed by atoms with Crippen LogP contribution in [0.3, 0.4) is 0 Å². The molecule has 1 fully saturated rings. The van der Waals surface area contributed by atoms with Crippen LogP contribution in [0.4, 0.5) is 8.78 Å². The topological polar surface area (TPSA) is 26.0 Å². The van der Waals surface area contributed by atoms with E-state index >= 15 is 0 Å². The first-order valence-corrected chi connectivity index (χ1v) is 5.23. The Labute approximate surface area is 89.4 Å². The lowest BCUT2D eigenvalue weighted by molar-refractivity contribution is 0.546. The van der Waals surface area contributed by atoms with Crippen molar-refractivity contribution < 1.29 is 8.78 Å². The molecule has 0 bridgehead atoms. The highest BCUT2D eigenvalue weighted by Gasteiger charge is 2.44. The molecule has 1 aliphatic carbocycles. The highest BCUT2D eigenvalue weighted by molar-refractivity contribution is 9.10. The van der Waals surface area contributed by atoms with Crippen LogP contribution in [0.5, 0.6) is 0 Å². The molecule has 76 valence electrons. The second kappa shape index (κ2) is 3.28. The van der Waals surface area contributed by atoms with Crippen molar-refractivity contribution in [1.82, 2.24) is 0 Å². The van der Waals surface area contributed by atoms with Crippen LogP contribution in [-0.4, -0.2) is 6.54 Å². The molecule has 2 N–H and O–H groups in total. The zero-order valence-corrected chi connectivity index (χ0v) is 9.07. The summed E-state index contributed by atoms with van der Waals surface area (Å²) in [6, 6.07) is 2.42. The molecule has 1 saturated carbocycles. The lowest BCUT2D eigenvalue weighted by Gasteiger charge is -2.14. The number of nitrogens with two attached hydrogens (primary N) is 1. The van der Waals surface area contributed by atoms with Gasteiger partial charge in [0.1, 0.15) is 11.6 Å². The minimum Gasteiger partial charge on any atom is -0.330 e. The van der Waals surface area contributed by atoms with Crippen LogP contribution >= 0.6 is 15.9 Å². The molecule has 0 amide bonds. The van der Waals surface area contributed by atoms with E-state index in [1.807, 2.05) is 0 Å². The number of hydrogen-bond donors (Lipinski definition) is 1. The van der Waals surface area contributed by atoms with Crippen molar-refractivity contribution in [1.29, 1.82) is 0 Å². The summed E-state index contributed by atoms with van der Waals surface area (Å²) >= 11 is 3.05. The maximum absolute atomic E-state index is 13.4. The average Bonchev–Trinajstić information content (AvgIpc) is 2.92. The minimum atomic E-state index is -0.570. The summed E-state index contributed by atoms with van der Waals surface area (Å²) in [5.74, 6) is -1.06. The van der Waals surface area contributed by atoms with Gasteiger partial charge in [-0.1, -0.05) is 0 Å². The van der Waals surface area contributed by atoms with E-state index in [0.29, 0.717) is 16.6 Å². The van der Waals surface area contributed by atoms with Crippen molar-refractivity contribution in [2.45, 2.75) is 18.3 Å². The van der Waals surface area contributed by atoms with Gasteiger partial charge in [-0.15, -0.1) is 0 Å². The molecule has 0 radical (unpaired) electrons. The van der Waals surface area contributed by atoms with Gasteiger partial charge in [0.25, 0.3) is 0 Å². The second-order valence-corrected chi connectivity index (χ2v) is 4.58. The Morgan fingerprint density at radius 1 is 1.29 bits per heavy atom. The molecular weight excluding hydrogens is 252 g/mol. The highest BCUT2D eigenvalue weighted by atomic mass is 79.9. The summed E-state index contributed by atoms with van der Waals surface area (Å²) in [6.07, 6.45) is 1.77. The Balaban J connectivity index is 2.49. The van der Waals surface area contributed by atoms with E-state index in [-0.39, 0.29) is 5.41 Å². The summed E-state index contributed by atoms with van der Waals surface area (Å²) in [5.41, 5.74) is 5.88. The lowest BCUT2D eigenvalue weighted by atomic mass is 9.96. The van der Waals surface area contributed by atoms with Crippen molar-refractivity contribution in [2.75, 3.05) is 6.54 Å². The average molecular weight is 262 g/mol. The van der Waals surface area contributed by atoms with E-state index < -0.39 is 11.6 Å². The molecule has 0 atom stereocenters. The smallest absolute Gasteiger partial charge is 0.140 e. The van der Waals surface area contributed by atoms with Gasteiger partial charge in [-0.05, 0) is 40.4 Å². The van der Waals surface area contributed by atoms with Gasteiger partial charge in [0.15, 0.2) is 0 Å². The van der Waals surface area contributed by atoms with Crippen LogP contribution in [0.25, 0.3) is 0 Å². The third-order valence-corrected chi connectivity index (χ3v) is 3.43. The van der Waals surface area contributed by atoms with E-state index in [0.717, 1.165) is 18.9 Å². The lowest BCUT2D eigenvalue weighted by Crippen LogP contribution is -2.21. The Morgan fingerprint density at radius 2 is 1.93 bits per heavy atom. The SMILES string of the molecule is NCC1(c2cc(Br)c(F)cc2F)CC1. The van der Waals surface area contributed by atoms with Gasteiger partial charge >= 0.3 is 0 Å². The van der Waals surface area contributed by atoms with Crippen molar-refractivity contribution in [3.8, 4) is 0 Å². The fraction of sp³-hybridized carbons (Fsp3) is 0.400. The first kappa shape index (κ1) is 10.1. The highest BCUT2D eigenvalue weighted by Crippen LogP contribution is 2.48. The molecule has 0 aliphatic heterocycles. The number of benzene rings is 1. The van der Waals surface area contributed by atoms with Crippen LogP contribution in [0.2, 0.25) is 0 Å². The predicted octanol–water partition coefficient (Wildman–Crippen LogP) is 2.72. The molecule has 14 heavy (non-hydrogen) atoms. The zero-order chi connectivity index (χ0) is 10.3. The minimum absolute atomic E-state index is 0.236. The molecule has 0 saturated heterocycles. The molecule has 0 aromatic heterocycles. The van der Waals surface area contributed by atoms with Gasteiger partial charge in [0.05, 0.1) is 4.47 Å². The molecule has 0 spiro atoms. The number of rotatable bonds is 2. The van der Waals surface area contributed by atoms with E-state index in [1.54, 1.807) is 0 Å². The quantitative estimate of drug-likeness (QED) is 0.815. The number of hydrogen-bond acceptors (Lipinski definition) is 1. The Hall–Kier alpha value is -0.480. The fourth-order valence-corrected chi connectivity index (χ4v) is 2.01. The van der Waals surface area contributed by atoms with Crippen molar-refractivity contribution in [3.63, 3.8) is 0 Å². The van der Waals surface area contributed by atoms with E-state index in [2.05, 4.69) is 15.9 Å². The third kappa shape index (κ3) is 1.46. The monoisotopic (exact) mass is 261 g/mol. The van der Waals surface area contributed by atoms with Gasteiger partial charge < -0.3 is 5.73 Å². The fourth-order valence-electron chi connectivity index (χ4n) is 1.66. The third-order valence-electron chi connectivity index (χ3n) is 2.83. The standard InChI is InChI=1S/C10H10BrF2N/c11-7-3-6(8(12)4-9(7)13)10(5-14)1-2-10/h3-4H,1-2,5,14H2. The molecule has 2 rings (SSSR count). The van der Waals surface area contributed by atoms with Gasteiger partial charge in [0.2, 0.25) is 0 Å². The summed E-state index contributed by atoms with van der Waals surface area (Å²) in [5, 5.41) is 0. The molecule has 1 aromatic rings. The molecule has 0 heterocycles. The second-order valence-electron chi connectivity index (χ2n) is 3.73. The van der Waals surface area contributed by atoms with Crippen molar-refractivity contribution in [3.05, 3.63) is 33.8 Å². The van der Waals surface area contributed by atoms with E-state index in [1.165, 1.54) is 6.07 Å². The Morgan fingerprint density at radius 3 is 2.43 bits per heavy atom. The van der Waals surface area contributed by atoms with Gasteiger partial charge in [0, 0.05) is 18.0 Å². The van der Waals surface area contributed by atoms with Crippen LogP contribution in [0, 0.1) is 11.6 Å². The van der Waals surface area contributed by atoms with Crippen LogP contribution < -0.4 is 5.73 Å². The van der Waals surface area contributed by atoms with Gasteiger partial charge in [-0.2, -0.15) is 0 Å². The van der Waals surface area contributed by atoms with Gasteiger partial charge in [-0.25, -0.2) is 8.78 Å². The van der Waals surface area contributed by atoms with Crippen molar-refractivity contribution >= 4 is 15.9 Å². The summed E-state index contributed by atoms with van der Waals surface area (Å²) in [7, 11) is 0. The number of halogens is 3. The predicted molar refractivity (Wildman–Crippen MR) is 54.0 cm³/mol. The Bertz CT molecular complexity index is 375. The molecule has 0 unspecified atom stereocenters. The molecule has 1 nitrogen and oxygen atoms in total. The van der Waals surface area contributed by atoms with Crippen LogP contribution in [-0.2, 0) is 5.41 Å². The van der Waals surface area contributed by atoms with Crippen LogP contribution in [0.1, 0.15) is 18.4 Å². The van der Waals surface area contributed by atoms with Gasteiger partial charge in [-0.3, -0.25) is 0 Å². The first-order valence-electron chi connectivity index (χ1n) is 4.44. The summed E-state index contributed by atoms with van der Waals surface area (Å²) in [6.45, 7) is 0.419. The maximum atomic E-state index is 13.4. The van der Waals surface area contributed by atoms with E-state index in [4.69, 9.17) is 5.73 Å². The van der Waals surface area contributed by atoms with E-state index in [9.17, 15) is 8.78 Å². The zero-order valence-electron chi connectivity index (χ0n) is 7.49. The Kier molecular flexibility index (Phi) is 2.35. The van der Waals surface area contributed by atoms with Crippen LogP contribution in [0.15, 0.2) is 16.6 Å². The molecule has 1 aromatic carbocycles. The molecule has 4 heteroatoms. The summed E-state index contributed by atoms with van der Waals surface area (Å²) < 4.78 is 26.7. The summed E-state index contributed by atoms with van der Waals surface area (Å²) in [4.78, 5) is 0. The largest absolute Gasteiger partial charge is 0.330 e. The molecule has 1 aliphatic rings. The molecular formula is C10H10BrF2N.